The zero-order valence-electron chi connectivity index (χ0n) is 8.16. The van der Waals surface area contributed by atoms with Crippen molar-refractivity contribution in [3.05, 3.63) is 24.2 Å². The van der Waals surface area contributed by atoms with Crippen LogP contribution in [-0.4, -0.2) is 24.9 Å². The minimum absolute atomic E-state index is 0.0799. The van der Waals surface area contributed by atoms with Crippen LogP contribution in [0.15, 0.2) is 23.4 Å². The minimum Gasteiger partial charge on any atom is -0.332 e. The highest BCUT2D eigenvalue weighted by atomic mass is 32.2. The fraction of sp³-hybridized carbons (Fsp3) is 0.375. The summed E-state index contributed by atoms with van der Waals surface area (Å²) in [6, 6.07) is 0. The molecule has 0 aliphatic rings. The number of sulfonamides is 1. The fourth-order valence-corrected chi connectivity index (χ4v) is 1.90. The molecule has 2 N–H and O–H groups in total. The number of aryl methyl sites for hydroxylation is 1. The van der Waals surface area contributed by atoms with E-state index in [1.54, 1.807) is 13.8 Å². The first-order valence-corrected chi connectivity index (χ1v) is 5.56. The van der Waals surface area contributed by atoms with Crippen molar-refractivity contribution >= 4 is 10.0 Å². The molecule has 0 unspecified atom stereocenters. The molecule has 1 heterocycles. The third-order valence-corrected chi connectivity index (χ3v) is 2.84. The van der Waals surface area contributed by atoms with Crippen molar-refractivity contribution in [2.75, 3.05) is 6.54 Å². The molecule has 0 spiro atoms. The largest absolute Gasteiger partial charge is 0.332 e. The maximum atomic E-state index is 11.5. The number of nitrogens with one attached hydrogen (secondary N) is 2. The van der Waals surface area contributed by atoms with Crippen LogP contribution < -0.4 is 4.72 Å². The molecule has 14 heavy (non-hydrogen) atoms. The average Bonchev–Trinajstić information content (AvgIpc) is 2.49. The quantitative estimate of drug-likeness (QED) is 0.721. The molecule has 1 rings (SSSR count). The molecule has 1 aromatic heterocycles. The molecule has 0 bridgehead atoms. The lowest BCUT2D eigenvalue weighted by molar-refractivity contribution is 0.581. The monoisotopic (exact) mass is 215 g/mol. The van der Waals surface area contributed by atoms with Crippen molar-refractivity contribution in [2.45, 2.75) is 18.9 Å². The van der Waals surface area contributed by atoms with Crippen LogP contribution in [0.1, 0.15) is 12.7 Å². The first-order valence-electron chi connectivity index (χ1n) is 4.07. The molecule has 0 aliphatic carbocycles. The number of aromatic amines is 1. The van der Waals surface area contributed by atoms with Gasteiger partial charge in [0.25, 0.3) is 10.0 Å². The van der Waals surface area contributed by atoms with Gasteiger partial charge < -0.3 is 4.98 Å². The Morgan fingerprint density at radius 1 is 1.71 bits per heavy atom. The number of imidazole rings is 1. The number of hydrogen-bond donors (Lipinski definition) is 2. The van der Waals surface area contributed by atoms with Gasteiger partial charge in [-0.25, -0.2) is 18.1 Å². The molecule has 0 aromatic carbocycles. The Bertz CT molecular complexity index is 433. The van der Waals surface area contributed by atoms with Crippen LogP contribution in [0.3, 0.4) is 0 Å². The van der Waals surface area contributed by atoms with Gasteiger partial charge in [0.2, 0.25) is 0 Å². The van der Waals surface area contributed by atoms with Crippen LogP contribution in [-0.2, 0) is 10.0 Å². The van der Waals surface area contributed by atoms with Gasteiger partial charge in [0.15, 0.2) is 5.03 Å². The topological polar surface area (TPSA) is 74.8 Å². The molecule has 0 atom stereocenters. The Morgan fingerprint density at radius 2 is 2.36 bits per heavy atom. The van der Waals surface area contributed by atoms with E-state index in [1.807, 2.05) is 0 Å². The van der Waals surface area contributed by atoms with E-state index in [1.165, 1.54) is 6.20 Å². The number of nitrogens with zero attached hydrogens (tertiary/aromatic N) is 1. The Balaban J connectivity index is 2.81. The molecule has 0 aliphatic heterocycles. The normalized spacial score (nSPS) is 11.6. The van der Waals surface area contributed by atoms with E-state index in [4.69, 9.17) is 0 Å². The summed E-state index contributed by atoms with van der Waals surface area (Å²) >= 11 is 0. The maximum Gasteiger partial charge on any atom is 0.257 e. The van der Waals surface area contributed by atoms with E-state index in [0.29, 0.717) is 5.82 Å². The SMILES string of the molecule is C=C(C)CNS(=O)(=O)c1cnc(C)[nH]1. The summed E-state index contributed by atoms with van der Waals surface area (Å²) in [7, 11) is -3.46. The first-order chi connectivity index (χ1) is 6.42. The predicted octanol–water partition coefficient (Wildman–Crippen LogP) is 0.573. The van der Waals surface area contributed by atoms with E-state index in [9.17, 15) is 8.42 Å². The Hall–Kier alpha value is -1.14. The second kappa shape index (κ2) is 3.93. The lowest BCUT2D eigenvalue weighted by Crippen LogP contribution is -2.25. The van der Waals surface area contributed by atoms with Crippen molar-refractivity contribution in [2.24, 2.45) is 0 Å². The van der Waals surface area contributed by atoms with Crippen molar-refractivity contribution in [3.8, 4) is 0 Å². The van der Waals surface area contributed by atoms with Crippen LogP contribution in [0.5, 0.6) is 0 Å². The minimum atomic E-state index is -3.46. The van der Waals surface area contributed by atoms with Crippen molar-refractivity contribution in [3.63, 3.8) is 0 Å². The summed E-state index contributed by atoms with van der Waals surface area (Å²) in [4.78, 5) is 6.46. The van der Waals surface area contributed by atoms with Crippen molar-refractivity contribution in [1.82, 2.24) is 14.7 Å². The van der Waals surface area contributed by atoms with Crippen LogP contribution in [0, 0.1) is 6.92 Å². The number of rotatable bonds is 4. The van der Waals surface area contributed by atoms with Crippen molar-refractivity contribution < 1.29 is 8.42 Å². The van der Waals surface area contributed by atoms with E-state index < -0.39 is 10.0 Å². The summed E-state index contributed by atoms with van der Waals surface area (Å²) in [5.41, 5.74) is 0.754. The number of H-pyrrole nitrogens is 1. The lowest BCUT2D eigenvalue weighted by Gasteiger charge is -2.03. The highest BCUT2D eigenvalue weighted by molar-refractivity contribution is 7.89. The van der Waals surface area contributed by atoms with Gasteiger partial charge in [-0.1, -0.05) is 12.2 Å². The summed E-state index contributed by atoms with van der Waals surface area (Å²) in [5.74, 6) is 0.570. The van der Waals surface area contributed by atoms with Gasteiger partial charge in [-0.2, -0.15) is 0 Å². The number of aromatic nitrogens is 2. The Kier molecular flexibility index (Phi) is 3.07. The van der Waals surface area contributed by atoms with E-state index in [0.717, 1.165) is 5.57 Å². The lowest BCUT2D eigenvalue weighted by atomic mass is 10.4. The second-order valence-corrected chi connectivity index (χ2v) is 4.85. The average molecular weight is 215 g/mol. The second-order valence-electron chi connectivity index (χ2n) is 3.11. The van der Waals surface area contributed by atoms with Gasteiger partial charge in [0, 0.05) is 6.54 Å². The van der Waals surface area contributed by atoms with Crippen LogP contribution in [0.4, 0.5) is 0 Å². The molecular weight excluding hydrogens is 202 g/mol. The predicted molar refractivity (Wildman–Crippen MR) is 53.3 cm³/mol. The molecule has 1 aromatic rings. The summed E-state index contributed by atoms with van der Waals surface area (Å²) in [6.45, 7) is 7.28. The molecule has 0 saturated heterocycles. The third-order valence-electron chi connectivity index (χ3n) is 1.53. The first kappa shape index (κ1) is 10.9. The fourth-order valence-electron chi connectivity index (χ4n) is 0.831. The van der Waals surface area contributed by atoms with Gasteiger partial charge in [-0.15, -0.1) is 0 Å². The van der Waals surface area contributed by atoms with Gasteiger partial charge in [0.1, 0.15) is 5.82 Å². The molecular formula is C8H13N3O2S. The molecule has 0 radical (unpaired) electrons. The zero-order valence-corrected chi connectivity index (χ0v) is 8.98. The standard InChI is InChI=1S/C8H13N3O2S/c1-6(2)4-10-14(12,13)8-5-9-7(3)11-8/h5,10H,1,4H2,2-3H3,(H,9,11). The summed E-state index contributed by atoms with van der Waals surface area (Å²) in [6.07, 6.45) is 1.29. The Morgan fingerprint density at radius 3 is 2.79 bits per heavy atom. The van der Waals surface area contributed by atoms with Gasteiger partial charge >= 0.3 is 0 Å². The Labute approximate surface area is 83.3 Å². The van der Waals surface area contributed by atoms with Crippen molar-refractivity contribution in [1.29, 1.82) is 0 Å². The number of hydrogen-bond acceptors (Lipinski definition) is 3. The van der Waals surface area contributed by atoms with Crippen LogP contribution in [0.2, 0.25) is 0 Å². The highest BCUT2D eigenvalue weighted by Gasteiger charge is 2.15. The van der Waals surface area contributed by atoms with Gasteiger partial charge in [-0.3, -0.25) is 0 Å². The molecule has 0 amide bonds. The molecule has 0 fully saturated rings. The molecule has 6 heteroatoms. The van der Waals surface area contributed by atoms with Crippen LogP contribution >= 0.6 is 0 Å². The van der Waals surface area contributed by atoms with Gasteiger partial charge in [0.05, 0.1) is 6.20 Å². The molecule has 78 valence electrons. The third kappa shape index (κ3) is 2.68. The molecule has 5 nitrogen and oxygen atoms in total. The summed E-state index contributed by atoms with van der Waals surface area (Å²) in [5, 5.41) is 0.0799. The highest BCUT2D eigenvalue weighted by Crippen LogP contribution is 2.04. The van der Waals surface area contributed by atoms with Crippen LogP contribution in [0.25, 0.3) is 0 Å². The zero-order chi connectivity index (χ0) is 10.8. The van der Waals surface area contributed by atoms with E-state index in [2.05, 4.69) is 21.3 Å². The van der Waals surface area contributed by atoms with Gasteiger partial charge in [-0.05, 0) is 13.8 Å². The van der Waals surface area contributed by atoms with E-state index >= 15 is 0 Å². The molecule has 0 saturated carbocycles. The smallest absolute Gasteiger partial charge is 0.257 e. The van der Waals surface area contributed by atoms with E-state index in [-0.39, 0.29) is 11.6 Å². The maximum absolute atomic E-state index is 11.5. The summed E-state index contributed by atoms with van der Waals surface area (Å²) < 4.78 is 25.4.